The molecule has 0 saturated carbocycles. The first kappa shape index (κ1) is 18.5. The van der Waals surface area contributed by atoms with Gasteiger partial charge in [-0.2, -0.15) is 5.10 Å². The van der Waals surface area contributed by atoms with Gasteiger partial charge in [-0.05, 0) is 37.1 Å². The maximum absolute atomic E-state index is 11.8. The Balaban J connectivity index is 1.44. The summed E-state index contributed by atoms with van der Waals surface area (Å²) in [6.07, 6.45) is 3.21. The molecule has 2 aliphatic rings. The fraction of sp³-hybridized carbons (Fsp3) is 0.450. The van der Waals surface area contributed by atoms with E-state index in [0.29, 0.717) is 12.8 Å². The van der Waals surface area contributed by atoms with Gasteiger partial charge in [0.15, 0.2) is 0 Å². The van der Waals surface area contributed by atoms with E-state index in [-0.39, 0.29) is 12.3 Å². The fourth-order valence-electron chi connectivity index (χ4n) is 4.38. The first-order valence-corrected chi connectivity index (χ1v) is 9.43. The Morgan fingerprint density at radius 3 is 2.68 bits per heavy atom. The summed E-state index contributed by atoms with van der Waals surface area (Å²) < 4.78 is 5.21. The van der Waals surface area contributed by atoms with Crippen LogP contribution in [0.2, 0.25) is 0 Å². The van der Waals surface area contributed by atoms with Crippen molar-refractivity contribution in [2.45, 2.75) is 31.3 Å². The smallest absolute Gasteiger partial charge is 0.309 e. The van der Waals surface area contributed by atoms with Crippen LogP contribution in [0.4, 0.5) is 0 Å². The number of carbonyl (C=O) groups is 2. The number of nitrogens with one attached hydrogen (secondary N) is 2. The third kappa shape index (κ3) is 3.35. The third-order valence-corrected chi connectivity index (χ3v) is 5.98. The van der Waals surface area contributed by atoms with E-state index in [0.717, 1.165) is 42.2 Å². The summed E-state index contributed by atoms with van der Waals surface area (Å²) >= 11 is 0. The van der Waals surface area contributed by atoms with Crippen LogP contribution in [0.5, 0.6) is 5.75 Å². The summed E-state index contributed by atoms with van der Waals surface area (Å²) in [7, 11) is 1.64. The van der Waals surface area contributed by atoms with Crippen LogP contribution in [0.3, 0.4) is 0 Å². The van der Waals surface area contributed by atoms with Gasteiger partial charge in [-0.25, -0.2) is 0 Å². The number of ether oxygens (including phenoxy) is 1. The minimum atomic E-state index is -0.886. The standard InChI is InChI=1S/C20H24N4O4/c1-28-15-4-2-13(3-5-15)18-14(11-21-23-18)12-24-8-6-20(7-9-24)16(19(26)27)10-17(25)22-20/h2-5,11,16H,6-10,12H2,1H3,(H,21,23)(H,22,25)(H,26,27)/t16-/m1/s1. The fourth-order valence-corrected chi connectivity index (χ4v) is 4.38. The number of aliphatic carboxylic acids is 1. The molecule has 0 aliphatic carbocycles. The maximum atomic E-state index is 11.8. The maximum Gasteiger partial charge on any atom is 0.309 e. The van der Waals surface area contributed by atoms with Gasteiger partial charge in [0.2, 0.25) is 5.91 Å². The number of aromatic amines is 1. The van der Waals surface area contributed by atoms with Crippen LogP contribution in [0.15, 0.2) is 30.5 Å². The second-order valence-corrected chi connectivity index (χ2v) is 7.57. The average molecular weight is 384 g/mol. The SMILES string of the molecule is COc1ccc(-c2[nH]ncc2CN2CCC3(CC2)NC(=O)C[C@@H]3C(=O)O)cc1. The van der Waals surface area contributed by atoms with Crippen LogP contribution in [0.25, 0.3) is 11.3 Å². The molecule has 148 valence electrons. The van der Waals surface area contributed by atoms with Crippen LogP contribution in [-0.4, -0.2) is 57.8 Å². The minimum Gasteiger partial charge on any atom is -0.497 e. The van der Waals surface area contributed by atoms with Gasteiger partial charge < -0.3 is 15.2 Å². The zero-order valence-electron chi connectivity index (χ0n) is 15.8. The second-order valence-electron chi connectivity index (χ2n) is 7.57. The molecule has 2 aromatic rings. The van der Waals surface area contributed by atoms with Gasteiger partial charge in [0.05, 0.1) is 30.5 Å². The molecule has 1 amide bonds. The highest BCUT2D eigenvalue weighted by Gasteiger charge is 2.51. The first-order chi connectivity index (χ1) is 13.5. The Bertz CT molecular complexity index is 869. The number of aromatic nitrogens is 2. The molecule has 1 aromatic heterocycles. The Labute approximate surface area is 162 Å². The lowest BCUT2D eigenvalue weighted by Crippen LogP contribution is -2.55. The van der Waals surface area contributed by atoms with E-state index < -0.39 is 17.4 Å². The largest absolute Gasteiger partial charge is 0.497 e. The number of carboxylic acids is 1. The molecule has 1 spiro atoms. The molecule has 8 heteroatoms. The summed E-state index contributed by atoms with van der Waals surface area (Å²) in [5.74, 6) is -0.871. The molecule has 3 N–H and O–H groups in total. The van der Waals surface area contributed by atoms with Crippen LogP contribution < -0.4 is 10.1 Å². The number of carboxylic acid groups (broad SMARTS) is 1. The molecule has 2 saturated heterocycles. The molecule has 3 heterocycles. The number of benzene rings is 1. The molecule has 4 rings (SSSR count). The highest BCUT2D eigenvalue weighted by atomic mass is 16.5. The van der Waals surface area contributed by atoms with Gasteiger partial charge in [0.25, 0.3) is 0 Å². The normalized spacial score (nSPS) is 21.6. The highest BCUT2D eigenvalue weighted by molar-refractivity contribution is 5.88. The van der Waals surface area contributed by atoms with Crippen molar-refractivity contribution >= 4 is 11.9 Å². The van der Waals surface area contributed by atoms with Crippen molar-refractivity contribution in [2.75, 3.05) is 20.2 Å². The van der Waals surface area contributed by atoms with Gasteiger partial charge in [0.1, 0.15) is 5.75 Å². The van der Waals surface area contributed by atoms with E-state index in [1.807, 2.05) is 30.5 Å². The molecule has 2 aliphatic heterocycles. The van der Waals surface area contributed by atoms with Crippen molar-refractivity contribution in [3.05, 3.63) is 36.0 Å². The molecule has 8 nitrogen and oxygen atoms in total. The Kier molecular flexibility index (Phi) is 4.80. The predicted octanol–water partition coefficient (Wildman–Crippen LogP) is 1.64. The van der Waals surface area contributed by atoms with E-state index in [1.54, 1.807) is 7.11 Å². The zero-order chi connectivity index (χ0) is 19.7. The lowest BCUT2D eigenvalue weighted by Gasteiger charge is -2.41. The Hall–Kier alpha value is -2.87. The van der Waals surface area contributed by atoms with E-state index in [4.69, 9.17) is 4.74 Å². The monoisotopic (exact) mass is 384 g/mol. The van der Waals surface area contributed by atoms with Crippen molar-refractivity contribution in [3.63, 3.8) is 0 Å². The second kappa shape index (κ2) is 7.27. The lowest BCUT2D eigenvalue weighted by atomic mass is 9.77. The van der Waals surface area contributed by atoms with Crippen LogP contribution in [0, 0.1) is 5.92 Å². The molecule has 0 radical (unpaired) electrons. The number of carbonyl (C=O) groups excluding carboxylic acids is 1. The summed E-state index contributed by atoms with van der Waals surface area (Å²) in [4.78, 5) is 25.7. The molecule has 0 unspecified atom stereocenters. The van der Waals surface area contributed by atoms with E-state index in [2.05, 4.69) is 20.4 Å². The topological polar surface area (TPSA) is 108 Å². The van der Waals surface area contributed by atoms with Gasteiger partial charge in [-0.3, -0.25) is 19.6 Å². The van der Waals surface area contributed by atoms with E-state index in [9.17, 15) is 14.7 Å². The van der Waals surface area contributed by atoms with Crippen molar-refractivity contribution in [1.29, 1.82) is 0 Å². The zero-order valence-corrected chi connectivity index (χ0v) is 15.8. The van der Waals surface area contributed by atoms with E-state index in [1.165, 1.54) is 0 Å². The number of amides is 1. The van der Waals surface area contributed by atoms with Crippen molar-refractivity contribution < 1.29 is 19.4 Å². The molecule has 1 atom stereocenters. The number of piperidine rings is 1. The number of likely N-dealkylation sites (tertiary alicyclic amines) is 1. The summed E-state index contributed by atoms with van der Waals surface area (Å²) in [6, 6.07) is 7.82. The van der Waals surface area contributed by atoms with Gasteiger partial charge >= 0.3 is 5.97 Å². The number of hydrogen-bond donors (Lipinski definition) is 3. The van der Waals surface area contributed by atoms with E-state index >= 15 is 0 Å². The van der Waals surface area contributed by atoms with Crippen molar-refractivity contribution in [2.24, 2.45) is 5.92 Å². The number of nitrogens with zero attached hydrogens (tertiary/aromatic N) is 2. The number of hydrogen-bond acceptors (Lipinski definition) is 5. The highest BCUT2D eigenvalue weighted by Crippen LogP contribution is 2.37. The number of H-pyrrole nitrogens is 1. The van der Waals surface area contributed by atoms with Gasteiger partial charge in [-0.15, -0.1) is 0 Å². The lowest BCUT2D eigenvalue weighted by molar-refractivity contribution is -0.144. The predicted molar refractivity (Wildman–Crippen MR) is 102 cm³/mol. The molecule has 0 bridgehead atoms. The Morgan fingerprint density at radius 1 is 1.32 bits per heavy atom. The van der Waals surface area contributed by atoms with Crippen LogP contribution in [-0.2, 0) is 16.1 Å². The summed E-state index contributed by atoms with van der Waals surface area (Å²) in [5.41, 5.74) is 2.50. The molecule has 2 fully saturated rings. The van der Waals surface area contributed by atoms with Crippen LogP contribution >= 0.6 is 0 Å². The van der Waals surface area contributed by atoms with Gasteiger partial charge in [-0.1, -0.05) is 0 Å². The summed E-state index contributed by atoms with van der Waals surface area (Å²) in [6.45, 7) is 2.19. The minimum absolute atomic E-state index is 0.0820. The molecule has 1 aromatic carbocycles. The molecule has 28 heavy (non-hydrogen) atoms. The van der Waals surface area contributed by atoms with Crippen molar-refractivity contribution in [1.82, 2.24) is 20.4 Å². The molecular weight excluding hydrogens is 360 g/mol. The Morgan fingerprint density at radius 2 is 2.04 bits per heavy atom. The van der Waals surface area contributed by atoms with Gasteiger partial charge in [0, 0.05) is 37.2 Å². The summed E-state index contributed by atoms with van der Waals surface area (Å²) in [5, 5.41) is 19.7. The number of methoxy groups -OCH3 is 1. The first-order valence-electron chi connectivity index (χ1n) is 9.43. The third-order valence-electron chi connectivity index (χ3n) is 5.98. The van der Waals surface area contributed by atoms with Crippen molar-refractivity contribution in [3.8, 4) is 17.0 Å². The molecular formula is C20H24N4O4. The number of rotatable bonds is 5. The average Bonchev–Trinajstić information content (AvgIpc) is 3.28. The quantitative estimate of drug-likeness (QED) is 0.723. The van der Waals surface area contributed by atoms with Crippen LogP contribution in [0.1, 0.15) is 24.8 Å².